The Balaban J connectivity index is 4.34. The van der Waals surface area contributed by atoms with E-state index in [1.165, 1.54) is 32.1 Å². The van der Waals surface area contributed by atoms with E-state index in [1.807, 2.05) is 0 Å². The van der Waals surface area contributed by atoms with Gasteiger partial charge in [0.05, 0.1) is 0 Å². The van der Waals surface area contributed by atoms with Gasteiger partial charge in [-0.25, -0.2) is 0 Å². The summed E-state index contributed by atoms with van der Waals surface area (Å²) in [6.07, 6.45) is 38.0. The van der Waals surface area contributed by atoms with Crippen molar-refractivity contribution in [1.82, 2.24) is 5.32 Å². The number of esters is 1. The van der Waals surface area contributed by atoms with E-state index in [0.717, 1.165) is 89.9 Å². The van der Waals surface area contributed by atoms with Gasteiger partial charge >= 0.3 is 11.9 Å². The van der Waals surface area contributed by atoms with E-state index in [9.17, 15) is 14.4 Å². The van der Waals surface area contributed by atoms with Crippen LogP contribution in [-0.4, -0.2) is 35.6 Å². The monoisotopic (exact) mass is 587 g/mol. The van der Waals surface area contributed by atoms with Crippen molar-refractivity contribution >= 4 is 17.8 Å². The number of carboxylic acids is 1. The Labute approximate surface area is 257 Å². The highest BCUT2D eigenvalue weighted by Gasteiger charge is 2.14. The van der Waals surface area contributed by atoms with Gasteiger partial charge in [0.1, 0.15) is 12.6 Å². The van der Waals surface area contributed by atoms with Gasteiger partial charge in [0.15, 0.2) is 0 Å². The van der Waals surface area contributed by atoms with E-state index < -0.39 is 5.97 Å². The second-order valence-electron chi connectivity index (χ2n) is 11.0. The quantitative estimate of drug-likeness (QED) is 0.0516. The van der Waals surface area contributed by atoms with E-state index in [2.05, 4.69) is 67.8 Å². The maximum absolute atomic E-state index is 12.5. The Kier molecular flexibility index (Phi) is 29.3. The molecule has 0 rings (SSSR count). The standard InChI is InChI=1S/C36H61NO5/c1-3-5-7-9-11-12-13-14-15-16-18-20-24-28-33(42-36(41)31-27-23-17-10-8-6-4-2)29-25-21-19-22-26-30-34(38)37-32-35(39)40/h5,7,11-12,14-15,18,20,33H,3-4,6,8-10,13,16-17,19,21-32H2,1-2H3,(H,37,38)(H,39,40)/b7-5-,12-11-,15-14-,20-18-. The second kappa shape index (κ2) is 31.3. The average molecular weight is 588 g/mol. The molecule has 1 atom stereocenters. The van der Waals surface area contributed by atoms with Crippen molar-refractivity contribution in [2.24, 2.45) is 0 Å². The second-order valence-corrected chi connectivity index (χ2v) is 11.0. The van der Waals surface area contributed by atoms with Crippen molar-refractivity contribution < 1.29 is 24.2 Å². The number of carbonyl (C=O) groups excluding carboxylic acids is 2. The molecule has 0 heterocycles. The van der Waals surface area contributed by atoms with Crippen LogP contribution in [0.15, 0.2) is 48.6 Å². The number of rotatable bonds is 29. The predicted molar refractivity (Wildman–Crippen MR) is 175 cm³/mol. The van der Waals surface area contributed by atoms with Gasteiger partial charge in [0, 0.05) is 12.8 Å². The van der Waals surface area contributed by atoms with Gasteiger partial charge in [-0.15, -0.1) is 0 Å². The molecule has 0 saturated carbocycles. The third-order valence-electron chi connectivity index (χ3n) is 7.02. The van der Waals surface area contributed by atoms with Gasteiger partial charge in [-0.3, -0.25) is 14.4 Å². The first-order valence-corrected chi connectivity index (χ1v) is 16.8. The van der Waals surface area contributed by atoms with Crippen molar-refractivity contribution in [1.29, 1.82) is 0 Å². The van der Waals surface area contributed by atoms with Gasteiger partial charge in [-0.1, -0.05) is 120 Å². The normalized spacial score (nSPS) is 12.6. The molecule has 0 aliphatic carbocycles. The predicted octanol–water partition coefficient (Wildman–Crippen LogP) is 9.56. The Morgan fingerprint density at radius 3 is 1.76 bits per heavy atom. The van der Waals surface area contributed by atoms with Crippen LogP contribution < -0.4 is 5.32 Å². The zero-order chi connectivity index (χ0) is 30.9. The lowest BCUT2D eigenvalue weighted by atomic mass is 10.0. The molecule has 1 unspecified atom stereocenters. The van der Waals surface area contributed by atoms with Crippen molar-refractivity contribution in [2.45, 2.75) is 155 Å². The van der Waals surface area contributed by atoms with Gasteiger partial charge in [-0.05, 0) is 64.2 Å². The fourth-order valence-electron chi connectivity index (χ4n) is 4.56. The topological polar surface area (TPSA) is 92.7 Å². The zero-order valence-electron chi connectivity index (χ0n) is 26.8. The summed E-state index contributed by atoms with van der Waals surface area (Å²) in [7, 11) is 0. The van der Waals surface area contributed by atoms with Gasteiger partial charge in [0.25, 0.3) is 0 Å². The molecular formula is C36H61NO5. The highest BCUT2D eigenvalue weighted by molar-refractivity contribution is 5.80. The van der Waals surface area contributed by atoms with Crippen LogP contribution >= 0.6 is 0 Å². The number of ether oxygens (including phenoxy) is 1. The third kappa shape index (κ3) is 30.3. The molecular weight excluding hydrogens is 526 g/mol. The van der Waals surface area contributed by atoms with E-state index in [1.54, 1.807) is 0 Å². The first kappa shape index (κ1) is 39.4. The maximum Gasteiger partial charge on any atom is 0.322 e. The molecule has 0 aromatic heterocycles. The lowest BCUT2D eigenvalue weighted by Gasteiger charge is -2.17. The summed E-state index contributed by atoms with van der Waals surface area (Å²) in [6.45, 7) is 4.05. The Bertz CT molecular complexity index is 784. The molecule has 0 aliphatic heterocycles. The summed E-state index contributed by atoms with van der Waals surface area (Å²) >= 11 is 0. The summed E-state index contributed by atoms with van der Waals surface area (Å²) < 4.78 is 5.91. The summed E-state index contributed by atoms with van der Waals surface area (Å²) in [5.74, 6) is -1.30. The molecule has 0 aliphatic rings. The van der Waals surface area contributed by atoms with E-state index in [-0.39, 0.29) is 24.5 Å². The molecule has 2 N–H and O–H groups in total. The molecule has 1 amide bonds. The van der Waals surface area contributed by atoms with Crippen molar-refractivity contribution in [2.75, 3.05) is 6.54 Å². The number of amides is 1. The van der Waals surface area contributed by atoms with Crippen molar-refractivity contribution in [3.63, 3.8) is 0 Å². The van der Waals surface area contributed by atoms with Gasteiger partial charge < -0.3 is 15.2 Å². The van der Waals surface area contributed by atoms with Crippen LogP contribution in [0.1, 0.15) is 149 Å². The zero-order valence-corrected chi connectivity index (χ0v) is 26.8. The summed E-state index contributed by atoms with van der Waals surface area (Å²) in [5.41, 5.74) is 0. The van der Waals surface area contributed by atoms with Crippen molar-refractivity contribution in [3.8, 4) is 0 Å². The molecule has 0 spiro atoms. The number of unbranched alkanes of at least 4 members (excludes halogenated alkanes) is 10. The maximum atomic E-state index is 12.5. The van der Waals surface area contributed by atoms with Crippen LogP contribution in [-0.2, 0) is 19.1 Å². The minimum absolute atomic E-state index is 0.0454. The summed E-state index contributed by atoms with van der Waals surface area (Å²) in [6, 6.07) is 0. The van der Waals surface area contributed by atoms with Crippen LogP contribution in [0.2, 0.25) is 0 Å². The highest BCUT2D eigenvalue weighted by atomic mass is 16.5. The molecule has 0 bridgehead atoms. The number of carboxylic acid groups (broad SMARTS) is 1. The Morgan fingerprint density at radius 2 is 1.17 bits per heavy atom. The van der Waals surface area contributed by atoms with E-state index in [4.69, 9.17) is 9.84 Å². The van der Waals surface area contributed by atoms with Gasteiger partial charge in [0.2, 0.25) is 5.91 Å². The number of aliphatic carboxylic acids is 1. The average Bonchev–Trinajstić information content (AvgIpc) is 2.97. The number of hydrogen-bond donors (Lipinski definition) is 2. The first-order valence-electron chi connectivity index (χ1n) is 16.8. The highest BCUT2D eigenvalue weighted by Crippen LogP contribution is 2.17. The number of nitrogens with one attached hydrogen (secondary N) is 1. The smallest absolute Gasteiger partial charge is 0.322 e. The summed E-state index contributed by atoms with van der Waals surface area (Å²) in [5, 5.41) is 11.0. The van der Waals surface area contributed by atoms with Crippen LogP contribution in [0.5, 0.6) is 0 Å². The molecule has 6 heteroatoms. The molecule has 0 aromatic carbocycles. The number of hydrogen-bond acceptors (Lipinski definition) is 4. The van der Waals surface area contributed by atoms with Crippen LogP contribution in [0.25, 0.3) is 0 Å². The molecule has 42 heavy (non-hydrogen) atoms. The molecule has 0 aromatic rings. The minimum atomic E-state index is -1.02. The molecule has 0 saturated heterocycles. The molecule has 0 fully saturated rings. The lowest BCUT2D eigenvalue weighted by molar-refractivity contribution is -0.150. The third-order valence-corrected chi connectivity index (χ3v) is 7.02. The van der Waals surface area contributed by atoms with Crippen LogP contribution in [0, 0.1) is 0 Å². The number of allylic oxidation sites excluding steroid dienone is 8. The largest absolute Gasteiger partial charge is 0.480 e. The molecule has 6 nitrogen and oxygen atoms in total. The molecule has 0 radical (unpaired) electrons. The van der Waals surface area contributed by atoms with Crippen LogP contribution in [0.3, 0.4) is 0 Å². The van der Waals surface area contributed by atoms with E-state index in [0.29, 0.717) is 12.8 Å². The Morgan fingerprint density at radius 1 is 0.643 bits per heavy atom. The van der Waals surface area contributed by atoms with E-state index >= 15 is 0 Å². The SMILES string of the molecule is CC/C=C\C/C=C\C/C=C\C/C=C\CCC(CCCCCCCC(=O)NCC(=O)O)OC(=O)CCCCCCCCC. The minimum Gasteiger partial charge on any atom is -0.480 e. The molecule has 240 valence electrons. The van der Waals surface area contributed by atoms with Gasteiger partial charge in [-0.2, -0.15) is 0 Å². The first-order chi connectivity index (χ1) is 20.5. The summed E-state index contributed by atoms with van der Waals surface area (Å²) in [4.78, 5) is 34.6. The van der Waals surface area contributed by atoms with Crippen molar-refractivity contribution in [3.05, 3.63) is 48.6 Å². The van der Waals surface area contributed by atoms with Crippen LogP contribution in [0.4, 0.5) is 0 Å². The fraction of sp³-hybridized carbons (Fsp3) is 0.694. The lowest BCUT2D eigenvalue weighted by Crippen LogP contribution is -2.28. The number of carbonyl (C=O) groups is 3. The fourth-order valence-corrected chi connectivity index (χ4v) is 4.56. The Hall–Kier alpha value is -2.63.